The number of carbonyl (C=O) groups excluding carboxylic acids is 2. The highest BCUT2D eigenvalue weighted by Crippen LogP contribution is 2.25. The molecule has 5 heteroatoms. The third kappa shape index (κ3) is 3.56. The van der Waals surface area contributed by atoms with Crippen LogP contribution in [0, 0.1) is 5.92 Å². The lowest BCUT2D eigenvalue weighted by molar-refractivity contribution is -0.126. The first-order valence-electron chi connectivity index (χ1n) is 7.93. The molecule has 3 rings (SSSR count). The van der Waals surface area contributed by atoms with Crippen molar-refractivity contribution in [2.45, 2.75) is 13.0 Å². The molecule has 1 aliphatic rings. The Hall–Kier alpha value is -2.82. The van der Waals surface area contributed by atoms with E-state index in [2.05, 4.69) is 5.32 Å². The van der Waals surface area contributed by atoms with Crippen molar-refractivity contribution in [2.75, 3.05) is 18.6 Å². The van der Waals surface area contributed by atoms with Crippen LogP contribution in [0.15, 0.2) is 54.6 Å². The van der Waals surface area contributed by atoms with Crippen LogP contribution >= 0.6 is 0 Å². The molecule has 0 bridgehead atoms. The Morgan fingerprint density at radius 3 is 2.54 bits per heavy atom. The molecule has 0 aliphatic carbocycles. The van der Waals surface area contributed by atoms with Gasteiger partial charge in [0, 0.05) is 25.2 Å². The SMILES string of the molecule is COc1ccc(CNC(=O)C2CC(=O)N(c3ccccc3)C2)cc1. The van der Waals surface area contributed by atoms with E-state index in [-0.39, 0.29) is 24.2 Å². The van der Waals surface area contributed by atoms with Crippen molar-refractivity contribution in [1.82, 2.24) is 5.32 Å². The van der Waals surface area contributed by atoms with Crippen molar-refractivity contribution in [3.8, 4) is 5.75 Å². The Labute approximate surface area is 141 Å². The second kappa shape index (κ2) is 7.17. The summed E-state index contributed by atoms with van der Waals surface area (Å²) in [5.74, 6) is 0.379. The molecule has 1 heterocycles. The van der Waals surface area contributed by atoms with E-state index in [0.717, 1.165) is 17.0 Å². The molecular weight excluding hydrogens is 304 g/mol. The molecule has 124 valence electrons. The first kappa shape index (κ1) is 16.1. The number of hydrogen-bond donors (Lipinski definition) is 1. The van der Waals surface area contributed by atoms with Crippen LogP contribution in [0.5, 0.6) is 5.75 Å². The van der Waals surface area contributed by atoms with Gasteiger partial charge in [-0.05, 0) is 29.8 Å². The maximum Gasteiger partial charge on any atom is 0.227 e. The average molecular weight is 324 g/mol. The monoisotopic (exact) mass is 324 g/mol. The van der Waals surface area contributed by atoms with Gasteiger partial charge in [-0.25, -0.2) is 0 Å². The standard InChI is InChI=1S/C19H20N2O3/c1-24-17-9-7-14(8-10-17)12-20-19(23)15-11-18(22)21(13-15)16-5-3-2-4-6-16/h2-10,15H,11-13H2,1H3,(H,20,23). The third-order valence-electron chi connectivity index (χ3n) is 4.19. The Balaban J connectivity index is 1.57. The molecule has 2 aromatic carbocycles. The molecule has 1 unspecified atom stereocenters. The van der Waals surface area contributed by atoms with Crippen LogP contribution in [0.2, 0.25) is 0 Å². The molecule has 0 saturated carbocycles. The number of benzene rings is 2. The number of amides is 2. The minimum absolute atomic E-state index is 0.00852. The lowest BCUT2D eigenvalue weighted by Gasteiger charge is -2.16. The van der Waals surface area contributed by atoms with Gasteiger partial charge in [0.05, 0.1) is 13.0 Å². The van der Waals surface area contributed by atoms with E-state index in [1.54, 1.807) is 12.0 Å². The first-order valence-corrected chi connectivity index (χ1v) is 7.93. The van der Waals surface area contributed by atoms with E-state index < -0.39 is 0 Å². The number of methoxy groups -OCH3 is 1. The van der Waals surface area contributed by atoms with E-state index in [1.807, 2.05) is 54.6 Å². The number of para-hydroxylation sites is 1. The molecule has 1 saturated heterocycles. The number of anilines is 1. The smallest absolute Gasteiger partial charge is 0.227 e. The molecule has 24 heavy (non-hydrogen) atoms. The summed E-state index contributed by atoms with van der Waals surface area (Å²) in [7, 11) is 1.62. The van der Waals surface area contributed by atoms with Crippen molar-refractivity contribution < 1.29 is 14.3 Å². The second-order valence-electron chi connectivity index (χ2n) is 5.81. The van der Waals surface area contributed by atoms with Crippen molar-refractivity contribution in [3.63, 3.8) is 0 Å². The summed E-state index contributed by atoms with van der Waals surface area (Å²) in [6, 6.07) is 17.0. The number of nitrogens with one attached hydrogen (secondary N) is 1. The average Bonchev–Trinajstić information content (AvgIpc) is 3.02. The van der Waals surface area contributed by atoms with Crippen molar-refractivity contribution >= 4 is 17.5 Å². The highest BCUT2D eigenvalue weighted by Gasteiger charge is 2.34. The second-order valence-corrected chi connectivity index (χ2v) is 5.81. The van der Waals surface area contributed by atoms with Crippen LogP contribution in [-0.4, -0.2) is 25.5 Å². The molecule has 2 aromatic rings. The lowest BCUT2D eigenvalue weighted by Crippen LogP contribution is -2.32. The van der Waals surface area contributed by atoms with Crippen molar-refractivity contribution in [1.29, 1.82) is 0 Å². The van der Waals surface area contributed by atoms with E-state index in [1.165, 1.54) is 0 Å². The van der Waals surface area contributed by atoms with Gasteiger partial charge in [0.15, 0.2) is 0 Å². The van der Waals surface area contributed by atoms with Crippen LogP contribution in [0.4, 0.5) is 5.69 Å². The molecule has 5 nitrogen and oxygen atoms in total. The van der Waals surface area contributed by atoms with Crippen molar-refractivity contribution in [3.05, 3.63) is 60.2 Å². The Bertz CT molecular complexity index is 713. The molecular formula is C19H20N2O3. The quantitative estimate of drug-likeness (QED) is 0.918. The maximum absolute atomic E-state index is 12.3. The van der Waals surface area contributed by atoms with Crippen LogP contribution < -0.4 is 15.0 Å². The number of nitrogens with zero attached hydrogens (tertiary/aromatic N) is 1. The van der Waals surface area contributed by atoms with Crippen LogP contribution in [0.3, 0.4) is 0 Å². The molecule has 0 spiro atoms. The number of carbonyl (C=O) groups is 2. The van der Waals surface area contributed by atoms with E-state index in [9.17, 15) is 9.59 Å². The highest BCUT2D eigenvalue weighted by molar-refractivity contribution is 6.00. The summed E-state index contributed by atoms with van der Waals surface area (Å²) in [4.78, 5) is 26.2. The van der Waals surface area contributed by atoms with E-state index >= 15 is 0 Å². The number of ether oxygens (including phenoxy) is 1. The first-order chi connectivity index (χ1) is 11.7. The molecule has 1 atom stereocenters. The van der Waals surface area contributed by atoms with Gasteiger partial charge in [-0.2, -0.15) is 0 Å². The van der Waals surface area contributed by atoms with Crippen LogP contribution in [-0.2, 0) is 16.1 Å². The van der Waals surface area contributed by atoms with Crippen LogP contribution in [0.1, 0.15) is 12.0 Å². The Morgan fingerprint density at radius 2 is 1.88 bits per heavy atom. The molecule has 0 radical (unpaired) electrons. The summed E-state index contributed by atoms with van der Waals surface area (Å²) in [5, 5.41) is 2.91. The maximum atomic E-state index is 12.3. The zero-order valence-corrected chi connectivity index (χ0v) is 13.6. The lowest BCUT2D eigenvalue weighted by atomic mass is 10.1. The summed E-state index contributed by atoms with van der Waals surface area (Å²) < 4.78 is 5.11. The molecule has 2 amide bonds. The topological polar surface area (TPSA) is 58.6 Å². The van der Waals surface area contributed by atoms with Gasteiger partial charge in [0.25, 0.3) is 0 Å². The predicted molar refractivity (Wildman–Crippen MR) is 91.7 cm³/mol. The Kier molecular flexibility index (Phi) is 4.79. The zero-order chi connectivity index (χ0) is 16.9. The fourth-order valence-corrected chi connectivity index (χ4v) is 2.82. The van der Waals surface area contributed by atoms with Gasteiger partial charge in [0.1, 0.15) is 5.75 Å². The van der Waals surface area contributed by atoms with E-state index in [0.29, 0.717) is 13.1 Å². The van der Waals surface area contributed by atoms with Crippen LogP contribution in [0.25, 0.3) is 0 Å². The van der Waals surface area contributed by atoms with Gasteiger partial charge >= 0.3 is 0 Å². The van der Waals surface area contributed by atoms with Gasteiger partial charge < -0.3 is 15.0 Å². The normalized spacial score (nSPS) is 17.0. The summed E-state index contributed by atoms with van der Waals surface area (Å²) in [5.41, 5.74) is 1.83. The predicted octanol–water partition coefficient (Wildman–Crippen LogP) is 2.36. The largest absolute Gasteiger partial charge is 0.497 e. The Morgan fingerprint density at radius 1 is 1.17 bits per heavy atom. The zero-order valence-electron chi connectivity index (χ0n) is 13.6. The minimum atomic E-state index is -0.309. The molecule has 1 aliphatic heterocycles. The van der Waals surface area contributed by atoms with Gasteiger partial charge in [-0.15, -0.1) is 0 Å². The number of rotatable bonds is 5. The highest BCUT2D eigenvalue weighted by atomic mass is 16.5. The summed E-state index contributed by atoms with van der Waals surface area (Å²) in [6.07, 6.45) is 0.253. The van der Waals surface area contributed by atoms with Gasteiger partial charge in [-0.1, -0.05) is 30.3 Å². The molecule has 0 aromatic heterocycles. The van der Waals surface area contributed by atoms with Gasteiger partial charge in [0.2, 0.25) is 11.8 Å². The molecule has 1 fully saturated rings. The van der Waals surface area contributed by atoms with Gasteiger partial charge in [-0.3, -0.25) is 9.59 Å². The fourth-order valence-electron chi connectivity index (χ4n) is 2.82. The summed E-state index contributed by atoms with van der Waals surface area (Å²) >= 11 is 0. The number of hydrogen-bond acceptors (Lipinski definition) is 3. The van der Waals surface area contributed by atoms with E-state index in [4.69, 9.17) is 4.74 Å². The summed E-state index contributed by atoms with van der Waals surface area (Å²) in [6.45, 7) is 0.871. The fraction of sp³-hybridized carbons (Fsp3) is 0.263. The molecule has 1 N–H and O–H groups in total. The third-order valence-corrected chi connectivity index (χ3v) is 4.19. The minimum Gasteiger partial charge on any atom is -0.497 e. The van der Waals surface area contributed by atoms with Crippen molar-refractivity contribution in [2.24, 2.45) is 5.92 Å².